The SMILES string of the molecule is CC(=O)c1ccc(Nc2cc(C(=O)NC3CCCCC3)nc(C)n2)cc1. The number of hydrogen-bond donors (Lipinski definition) is 2. The molecular weight excluding hydrogens is 328 g/mol. The molecule has 0 bridgehead atoms. The first kappa shape index (κ1) is 18.0. The van der Waals surface area contributed by atoms with Crippen LogP contribution in [0.5, 0.6) is 0 Å². The number of Topliss-reactive ketones (excluding diaryl/α,β-unsaturated/α-hetero) is 1. The second-order valence-corrected chi connectivity index (χ2v) is 6.75. The summed E-state index contributed by atoms with van der Waals surface area (Å²) in [6.45, 7) is 3.30. The van der Waals surface area contributed by atoms with Gasteiger partial charge in [0.15, 0.2) is 5.78 Å². The highest BCUT2D eigenvalue weighted by atomic mass is 16.2. The molecule has 136 valence electrons. The van der Waals surface area contributed by atoms with Gasteiger partial charge in [-0.2, -0.15) is 0 Å². The van der Waals surface area contributed by atoms with Crippen molar-refractivity contribution in [2.45, 2.75) is 52.0 Å². The average molecular weight is 352 g/mol. The van der Waals surface area contributed by atoms with Crippen molar-refractivity contribution < 1.29 is 9.59 Å². The molecule has 1 aliphatic rings. The van der Waals surface area contributed by atoms with E-state index in [0.717, 1.165) is 31.4 Å². The highest BCUT2D eigenvalue weighted by Crippen LogP contribution is 2.19. The first-order valence-corrected chi connectivity index (χ1v) is 9.06. The molecule has 6 nitrogen and oxygen atoms in total. The van der Waals surface area contributed by atoms with Gasteiger partial charge < -0.3 is 10.6 Å². The van der Waals surface area contributed by atoms with E-state index in [1.807, 2.05) is 12.1 Å². The van der Waals surface area contributed by atoms with Gasteiger partial charge in [0.05, 0.1) is 0 Å². The molecule has 0 aliphatic heterocycles. The van der Waals surface area contributed by atoms with Crippen LogP contribution in [0.15, 0.2) is 30.3 Å². The number of benzene rings is 1. The Bertz CT molecular complexity index is 796. The molecular formula is C20H24N4O2. The monoisotopic (exact) mass is 352 g/mol. The van der Waals surface area contributed by atoms with Crippen molar-refractivity contribution in [1.29, 1.82) is 0 Å². The summed E-state index contributed by atoms with van der Waals surface area (Å²) >= 11 is 0. The minimum absolute atomic E-state index is 0.0242. The molecule has 0 atom stereocenters. The third-order valence-electron chi connectivity index (χ3n) is 4.57. The Kier molecular flexibility index (Phi) is 5.61. The van der Waals surface area contributed by atoms with Crippen LogP contribution < -0.4 is 10.6 Å². The Labute approximate surface area is 153 Å². The van der Waals surface area contributed by atoms with Crippen molar-refractivity contribution in [3.05, 3.63) is 47.4 Å². The van der Waals surface area contributed by atoms with Gasteiger partial charge >= 0.3 is 0 Å². The maximum atomic E-state index is 12.5. The Morgan fingerprint density at radius 3 is 2.38 bits per heavy atom. The third-order valence-corrected chi connectivity index (χ3v) is 4.57. The summed E-state index contributed by atoms with van der Waals surface area (Å²) in [7, 11) is 0. The number of ketones is 1. The number of amides is 1. The minimum atomic E-state index is -0.155. The summed E-state index contributed by atoms with van der Waals surface area (Å²) in [6, 6.07) is 9.04. The van der Waals surface area contributed by atoms with Crippen LogP contribution in [0.25, 0.3) is 0 Å². The van der Waals surface area contributed by atoms with E-state index in [1.165, 1.54) is 13.3 Å². The molecule has 1 heterocycles. The number of hydrogen-bond acceptors (Lipinski definition) is 5. The summed E-state index contributed by atoms with van der Waals surface area (Å²) < 4.78 is 0. The molecule has 1 amide bonds. The summed E-state index contributed by atoms with van der Waals surface area (Å²) in [5.41, 5.74) is 1.82. The maximum Gasteiger partial charge on any atom is 0.270 e. The Hall–Kier alpha value is -2.76. The number of aryl methyl sites for hydroxylation is 1. The van der Waals surface area contributed by atoms with E-state index in [9.17, 15) is 9.59 Å². The molecule has 1 fully saturated rings. The van der Waals surface area contributed by atoms with E-state index in [1.54, 1.807) is 25.1 Å². The van der Waals surface area contributed by atoms with Crippen molar-refractivity contribution in [2.75, 3.05) is 5.32 Å². The van der Waals surface area contributed by atoms with Crippen LogP contribution in [0.4, 0.5) is 11.5 Å². The molecule has 2 aromatic rings. The molecule has 2 N–H and O–H groups in total. The lowest BCUT2D eigenvalue weighted by Crippen LogP contribution is -2.36. The van der Waals surface area contributed by atoms with Crippen molar-refractivity contribution in [3.63, 3.8) is 0 Å². The molecule has 26 heavy (non-hydrogen) atoms. The smallest absolute Gasteiger partial charge is 0.270 e. The van der Waals surface area contributed by atoms with Gasteiger partial charge in [-0.15, -0.1) is 0 Å². The fourth-order valence-electron chi connectivity index (χ4n) is 3.19. The van der Waals surface area contributed by atoms with E-state index in [4.69, 9.17) is 0 Å². The van der Waals surface area contributed by atoms with Gasteiger partial charge in [-0.25, -0.2) is 9.97 Å². The number of anilines is 2. The zero-order chi connectivity index (χ0) is 18.5. The van der Waals surface area contributed by atoms with Gasteiger partial charge in [0.1, 0.15) is 17.3 Å². The molecule has 1 saturated carbocycles. The van der Waals surface area contributed by atoms with Crippen LogP contribution >= 0.6 is 0 Å². The summed E-state index contributed by atoms with van der Waals surface area (Å²) in [4.78, 5) is 32.5. The predicted molar refractivity (Wildman–Crippen MR) is 101 cm³/mol. The van der Waals surface area contributed by atoms with E-state index >= 15 is 0 Å². The van der Waals surface area contributed by atoms with Crippen molar-refractivity contribution in [1.82, 2.24) is 15.3 Å². The van der Waals surface area contributed by atoms with Gasteiger partial charge in [0.25, 0.3) is 5.91 Å². The quantitative estimate of drug-likeness (QED) is 0.800. The van der Waals surface area contributed by atoms with Gasteiger partial charge in [0, 0.05) is 23.4 Å². The number of nitrogens with one attached hydrogen (secondary N) is 2. The van der Waals surface area contributed by atoms with Crippen molar-refractivity contribution in [3.8, 4) is 0 Å². The van der Waals surface area contributed by atoms with Gasteiger partial charge in [-0.3, -0.25) is 9.59 Å². The summed E-state index contributed by atoms with van der Waals surface area (Å²) in [6.07, 6.45) is 5.63. The first-order valence-electron chi connectivity index (χ1n) is 9.06. The molecule has 0 spiro atoms. The number of carbonyl (C=O) groups excluding carboxylic acids is 2. The molecule has 6 heteroatoms. The third kappa shape index (κ3) is 4.65. The second-order valence-electron chi connectivity index (χ2n) is 6.75. The highest BCUT2D eigenvalue weighted by molar-refractivity contribution is 5.94. The zero-order valence-electron chi connectivity index (χ0n) is 15.2. The number of carbonyl (C=O) groups is 2. The van der Waals surface area contributed by atoms with Crippen LogP contribution in [0, 0.1) is 6.92 Å². The van der Waals surface area contributed by atoms with Gasteiger partial charge in [0.2, 0.25) is 0 Å². The van der Waals surface area contributed by atoms with Gasteiger partial charge in [-0.1, -0.05) is 19.3 Å². The van der Waals surface area contributed by atoms with Gasteiger partial charge in [-0.05, 0) is 51.0 Å². The second kappa shape index (κ2) is 8.08. The lowest BCUT2D eigenvalue weighted by molar-refractivity contribution is 0.0921. The Morgan fingerprint density at radius 1 is 1.04 bits per heavy atom. The molecule has 3 rings (SSSR count). The minimum Gasteiger partial charge on any atom is -0.348 e. The van der Waals surface area contributed by atoms with Crippen molar-refractivity contribution in [2.24, 2.45) is 0 Å². The first-order chi connectivity index (χ1) is 12.5. The molecule has 0 radical (unpaired) electrons. The lowest BCUT2D eigenvalue weighted by atomic mass is 9.95. The van der Waals surface area contributed by atoms with E-state index < -0.39 is 0 Å². The molecule has 0 saturated heterocycles. The van der Waals surface area contributed by atoms with Crippen LogP contribution in [0.3, 0.4) is 0 Å². The lowest BCUT2D eigenvalue weighted by Gasteiger charge is -2.22. The number of aromatic nitrogens is 2. The fourth-order valence-corrected chi connectivity index (χ4v) is 3.19. The van der Waals surface area contributed by atoms with Crippen molar-refractivity contribution >= 4 is 23.2 Å². The van der Waals surface area contributed by atoms with E-state index in [0.29, 0.717) is 22.9 Å². The molecule has 1 aromatic heterocycles. The summed E-state index contributed by atoms with van der Waals surface area (Å²) in [5, 5.41) is 6.25. The van der Waals surface area contributed by atoms with E-state index in [2.05, 4.69) is 20.6 Å². The van der Waals surface area contributed by atoms with Crippen LogP contribution in [0.1, 0.15) is 65.7 Å². The normalized spacial score (nSPS) is 14.7. The fraction of sp³-hybridized carbons (Fsp3) is 0.400. The predicted octanol–water partition coefficient (Wildman–Crippen LogP) is 3.79. The molecule has 1 aromatic carbocycles. The Balaban J connectivity index is 1.72. The largest absolute Gasteiger partial charge is 0.348 e. The van der Waals surface area contributed by atoms with Crippen LogP contribution in [-0.2, 0) is 0 Å². The molecule has 1 aliphatic carbocycles. The highest BCUT2D eigenvalue weighted by Gasteiger charge is 2.18. The topological polar surface area (TPSA) is 84.0 Å². The number of rotatable bonds is 5. The zero-order valence-corrected chi connectivity index (χ0v) is 15.2. The van der Waals surface area contributed by atoms with E-state index in [-0.39, 0.29) is 17.7 Å². The Morgan fingerprint density at radius 2 is 1.73 bits per heavy atom. The average Bonchev–Trinajstić information content (AvgIpc) is 2.62. The van der Waals surface area contributed by atoms with Crippen LogP contribution in [0.2, 0.25) is 0 Å². The number of nitrogens with zero attached hydrogens (tertiary/aromatic N) is 2. The summed E-state index contributed by atoms with van der Waals surface area (Å²) in [5.74, 6) is 0.958. The van der Waals surface area contributed by atoms with Crippen LogP contribution in [-0.4, -0.2) is 27.7 Å². The molecule has 0 unspecified atom stereocenters. The maximum absolute atomic E-state index is 12.5. The standard InChI is InChI=1S/C20H24N4O2/c1-13(25)15-8-10-17(11-9-15)23-19-12-18(21-14(2)22-19)20(26)24-16-6-4-3-5-7-16/h8-12,16H,3-7H2,1-2H3,(H,24,26)(H,21,22,23).